The van der Waals surface area contributed by atoms with Gasteiger partial charge in [0.05, 0.1) is 0 Å². The van der Waals surface area contributed by atoms with E-state index >= 15 is 0 Å². The van der Waals surface area contributed by atoms with Gasteiger partial charge in [0.15, 0.2) is 0 Å². The van der Waals surface area contributed by atoms with Crippen LogP contribution in [0.15, 0.2) is 29.0 Å². The van der Waals surface area contributed by atoms with Crippen LogP contribution in [0.4, 0.5) is 0 Å². The normalized spacial score (nSPS) is 19.1. The lowest BCUT2D eigenvalue weighted by atomic mass is 9.97. The summed E-state index contributed by atoms with van der Waals surface area (Å²) in [6.07, 6.45) is -1.43. The highest BCUT2D eigenvalue weighted by molar-refractivity contribution is 6.32. The van der Waals surface area contributed by atoms with Crippen LogP contribution in [0.5, 0.6) is 5.75 Å². The molecule has 1 aliphatic heterocycles. The first-order chi connectivity index (χ1) is 8.91. The zero-order valence-electron chi connectivity index (χ0n) is 10.9. The number of aliphatic hydroxyl groups is 1. The fraction of sp³-hybridized carbons (Fsp3) is 0.357. The van der Waals surface area contributed by atoms with Crippen LogP contribution in [0.1, 0.15) is 30.9 Å². The highest BCUT2D eigenvalue weighted by Crippen LogP contribution is 2.32. The average molecular weight is 283 g/mol. The maximum absolute atomic E-state index is 11.5. The smallest absolute Gasteiger partial charge is 0.378 e. The Morgan fingerprint density at radius 3 is 2.63 bits per heavy atom. The number of benzene rings is 1. The molecule has 0 aromatic heterocycles. The number of carbonyl (C=O) groups is 1. The summed E-state index contributed by atoms with van der Waals surface area (Å²) in [6, 6.07) is 5.60. The summed E-state index contributed by atoms with van der Waals surface area (Å²) in [6.45, 7) is 6.06. The molecule has 0 aliphatic carbocycles. The highest BCUT2D eigenvalue weighted by atomic mass is 35.5. The van der Waals surface area contributed by atoms with E-state index in [2.05, 4.69) is 18.6 Å². The SMILES string of the molecule is Cc1c(OC2=C(Cl)C(O)OC2=O)cccc1C(C)C. The highest BCUT2D eigenvalue weighted by Gasteiger charge is 2.34. The van der Waals surface area contributed by atoms with Gasteiger partial charge in [-0.25, -0.2) is 4.79 Å². The van der Waals surface area contributed by atoms with Gasteiger partial charge in [0.25, 0.3) is 0 Å². The fourth-order valence-electron chi connectivity index (χ4n) is 1.98. The maximum Gasteiger partial charge on any atom is 0.378 e. The van der Waals surface area contributed by atoms with Crippen LogP contribution in [-0.2, 0) is 9.53 Å². The van der Waals surface area contributed by atoms with Crippen molar-refractivity contribution >= 4 is 17.6 Å². The van der Waals surface area contributed by atoms with Gasteiger partial charge in [-0.2, -0.15) is 0 Å². The van der Waals surface area contributed by atoms with Gasteiger partial charge in [-0.1, -0.05) is 37.6 Å². The minimum atomic E-state index is -1.43. The van der Waals surface area contributed by atoms with E-state index in [1.165, 1.54) is 0 Å². The van der Waals surface area contributed by atoms with E-state index in [-0.39, 0.29) is 10.8 Å². The number of hydrogen-bond acceptors (Lipinski definition) is 4. The first-order valence-corrected chi connectivity index (χ1v) is 6.35. The van der Waals surface area contributed by atoms with Crippen molar-refractivity contribution in [2.24, 2.45) is 0 Å². The van der Waals surface area contributed by atoms with E-state index in [1.807, 2.05) is 19.1 Å². The van der Waals surface area contributed by atoms with Gasteiger partial charge in [-0.15, -0.1) is 0 Å². The van der Waals surface area contributed by atoms with Gasteiger partial charge in [-0.05, 0) is 30.0 Å². The fourth-order valence-corrected chi connectivity index (χ4v) is 2.14. The van der Waals surface area contributed by atoms with E-state index in [4.69, 9.17) is 16.3 Å². The summed E-state index contributed by atoms with van der Waals surface area (Å²) < 4.78 is 10.1. The number of aliphatic hydroxyl groups excluding tert-OH is 1. The Bertz CT molecular complexity index is 548. The molecule has 1 aliphatic rings. The molecule has 19 heavy (non-hydrogen) atoms. The third-order valence-electron chi connectivity index (χ3n) is 3.00. The summed E-state index contributed by atoms with van der Waals surface area (Å²) in [5.74, 6) is -0.0375. The molecular weight excluding hydrogens is 268 g/mol. The third-order valence-corrected chi connectivity index (χ3v) is 3.36. The minimum absolute atomic E-state index is 0.126. The molecule has 0 fully saturated rings. The molecule has 0 bridgehead atoms. The predicted octanol–water partition coefficient (Wildman–Crippen LogP) is 2.82. The second kappa shape index (κ2) is 5.23. The molecule has 0 amide bonds. The van der Waals surface area contributed by atoms with Crippen LogP contribution < -0.4 is 4.74 Å². The number of cyclic esters (lactones) is 1. The quantitative estimate of drug-likeness (QED) is 0.866. The molecule has 1 atom stereocenters. The maximum atomic E-state index is 11.5. The van der Waals surface area contributed by atoms with E-state index in [1.54, 1.807) is 6.07 Å². The molecule has 1 N–H and O–H groups in total. The Morgan fingerprint density at radius 2 is 2.11 bits per heavy atom. The summed E-state index contributed by atoms with van der Waals surface area (Å²) in [7, 11) is 0. The molecule has 1 unspecified atom stereocenters. The van der Waals surface area contributed by atoms with Gasteiger partial charge in [-0.3, -0.25) is 0 Å². The molecule has 1 aromatic rings. The third kappa shape index (κ3) is 2.60. The van der Waals surface area contributed by atoms with Gasteiger partial charge in [0.2, 0.25) is 12.0 Å². The van der Waals surface area contributed by atoms with E-state index < -0.39 is 12.3 Å². The number of esters is 1. The number of ether oxygens (including phenoxy) is 2. The Morgan fingerprint density at radius 1 is 1.42 bits per heavy atom. The molecule has 1 heterocycles. The van der Waals surface area contributed by atoms with E-state index in [9.17, 15) is 9.90 Å². The Balaban J connectivity index is 2.35. The topological polar surface area (TPSA) is 55.8 Å². The first-order valence-electron chi connectivity index (χ1n) is 5.98. The zero-order valence-corrected chi connectivity index (χ0v) is 11.7. The Kier molecular flexibility index (Phi) is 3.83. The number of halogens is 1. The van der Waals surface area contributed by atoms with Crippen molar-refractivity contribution < 1.29 is 19.4 Å². The average Bonchev–Trinajstić information content (AvgIpc) is 2.58. The number of carbonyl (C=O) groups excluding carboxylic acids is 1. The lowest BCUT2D eigenvalue weighted by Crippen LogP contribution is -2.09. The molecule has 0 radical (unpaired) electrons. The predicted molar refractivity (Wildman–Crippen MR) is 70.9 cm³/mol. The van der Waals surface area contributed by atoms with Crippen molar-refractivity contribution in [3.8, 4) is 5.75 Å². The largest absolute Gasteiger partial charge is 0.448 e. The van der Waals surface area contributed by atoms with Gasteiger partial charge >= 0.3 is 5.97 Å². The molecule has 0 saturated heterocycles. The monoisotopic (exact) mass is 282 g/mol. The van der Waals surface area contributed by atoms with Crippen LogP contribution in [0.25, 0.3) is 0 Å². The van der Waals surface area contributed by atoms with Crippen LogP contribution >= 0.6 is 11.6 Å². The van der Waals surface area contributed by atoms with Crippen LogP contribution in [0, 0.1) is 6.92 Å². The standard InChI is InChI=1S/C14H15ClO4/c1-7(2)9-5-4-6-10(8(9)3)18-12-11(15)13(16)19-14(12)17/h4-7,13,16H,1-3H3. The molecule has 0 saturated carbocycles. The van der Waals surface area contributed by atoms with Crippen molar-refractivity contribution in [1.82, 2.24) is 0 Å². The first kappa shape index (κ1) is 13.9. The molecule has 2 rings (SSSR count). The minimum Gasteiger partial charge on any atom is -0.448 e. The lowest BCUT2D eigenvalue weighted by molar-refractivity contribution is -0.153. The number of rotatable bonds is 3. The van der Waals surface area contributed by atoms with Crippen LogP contribution in [0.2, 0.25) is 0 Å². The van der Waals surface area contributed by atoms with Crippen molar-refractivity contribution in [3.63, 3.8) is 0 Å². The van der Waals surface area contributed by atoms with Crippen LogP contribution in [-0.4, -0.2) is 17.4 Å². The number of hydrogen-bond donors (Lipinski definition) is 1. The second-order valence-electron chi connectivity index (χ2n) is 4.66. The molecule has 0 spiro atoms. The summed E-state index contributed by atoms with van der Waals surface area (Å²) >= 11 is 5.79. The second-order valence-corrected chi connectivity index (χ2v) is 5.07. The lowest BCUT2D eigenvalue weighted by Gasteiger charge is -2.14. The Hall–Kier alpha value is -1.52. The van der Waals surface area contributed by atoms with E-state index in [0.717, 1.165) is 11.1 Å². The molecular formula is C14H15ClO4. The van der Waals surface area contributed by atoms with Crippen molar-refractivity contribution in [3.05, 3.63) is 40.1 Å². The summed E-state index contributed by atoms with van der Waals surface area (Å²) in [4.78, 5) is 11.5. The van der Waals surface area contributed by atoms with Crippen molar-refractivity contribution in [1.29, 1.82) is 0 Å². The molecule has 1 aromatic carbocycles. The van der Waals surface area contributed by atoms with Crippen LogP contribution in [0.3, 0.4) is 0 Å². The molecule has 102 valence electrons. The molecule has 5 heteroatoms. The summed E-state index contributed by atoms with van der Waals surface area (Å²) in [5, 5.41) is 9.19. The van der Waals surface area contributed by atoms with Crippen molar-refractivity contribution in [2.45, 2.75) is 33.0 Å². The zero-order chi connectivity index (χ0) is 14.2. The van der Waals surface area contributed by atoms with E-state index in [0.29, 0.717) is 11.7 Å². The van der Waals surface area contributed by atoms with Gasteiger partial charge in [0, 0.05) is 0 Å². The van der Waals surface area contributed by atoms with Gasteiger partial charge in [0.1, 0.15) is 10.8 Å². The van der Waals surface area contributed by atoms with Crippen molar-refractivity contribution in [2.75, 3.05) is 0 Å². The summed E-state index contributed by atoms with van der Waals surface area (Å²) in [5.41, 5.74) is 2.06. The Labute approximate surface area is 116 Å². The molecule has 4 nitrogen and oxygen atoms in total. The van der Waals surface area contributed by atoms with Gasteiger partial charge < -0.3 is 14.6 Å².